The van der Waals surface area contributed by atoms with Gasteiger partial charge in [-0.15, -0.1) is 0 Å². The Morgan fingerprint density at radius 1 is 1.06 bits per heavy atom. The van der Waals surface area contributed by atoms with E-state index in [0.717, 1.165) is 0 Å². The topological polar surface area (TPSA) is 84.2 Å². The number of esters is 1. The Bertz CT molecular complexity index is 1170. The molecule has 7 nitrogen and oxygen atoms in total. The maximum atomic E-state index is 12.4. The number of fused-ring (bicyclic) bond motifs is 1. The van der Waals surface area contributed by atoms with Crippen LogP contribution in [0.15, 0.2) is 57.8 Å². The molecule has 2 aromatic carbocycles. The summed E-state index contributed by atoms with van der Waals surface area (Å²) < 4.78 is 49.6. The molecule has 0 atom stereocenters. The lowest BCUT2D eigenvalue weighted by Gasteiger charge is -2.10. The van der Waals surface area contributed by atoms with E-state index >= 15 is 0 Å². The fourth-order valence-electron chi connectivity index (χ4n) is 2.80. The minimum Gasteiger partial charge on any atom is -0.497 e. The Labute approximate surface area is 175 Å². The Kier molecular flexibility index (Phi) is 6.86. The molecule has 0 unspecified atom stereocenters. The molecule has 3 rings (SSSR count). The van der Waals surface area contributed by atoms with Crippen molar-refractivity contribution in [1.29, 1.82) is 0 Å². The first kappa shape index (κ1) is 21.8. The molecule has 0 fully saturated rings. The molecule has 1 aromatic heterocycles. The predicted octanol–water partition coefficient (Wildman–Crippen LogP) is 4.17. The molecule has 0 spiro atoms. The van der Waals surface area contributed by atoms with Crippen molar-refractivity contribution in [2.45, 2.75) is 13.2 Å². The van der Waals surface area contributed by atoms with E-state index < -0.39 is 18.2 Å². The summed E-state index contributed by atoms with van der Waals surface area (Å²) in [6.07, 6.45) is 2.60. The maximum absolute atomic E-state index is 12.4. The van der Waals surface area contributed by atoms with E-state index in [-0.39, 0.29) is 18.1 Å². The van der Waals surface area contributed by atoms with Crippen molar-refractivity contribution in [3.05, 3.63) is 70.1 Å². The summed E-state index contributed by atoms with van der Waals surface area (Å²) in [5, 5.41) is 0.608. The van der Waals surface area contributed by atoms with Gasteiger partial charge in [0.1, 0.15) is 17.9 Å². The van der Waals surface area contributed by atoms with Crippen molar-refractivity contribution in [2.75, 3.05) is 14.2 Å². The molecule has 0 saturated heterocycles. The molecule has 0 aliphatic rings. The SMILES string of the molecule is COc1ccc2c(COC(=O)/C=C/c3ccc(OC(F)F)c(OC)c3)cc(=O)oc2c1. The van der Waals surface area contributed by atoms with Gasteiger partial charge >= 0.3 is 18.2 Å². The Hall–Kier alpha value is -3.88. The summed E-state index contributed by atoms with van der Waals surface area (Å²) >= 11 is 0. The molecular weight excluding hydrogens is 414 g/mol. The van der Waals surface area contributed by atoms with E-state index in [4.69, 9.17) is 18.6 Å². The fourth-order valence-corrected chi connectivity index (χ4v) is 2.80. The molecule has 0 bridgehead atoms. The molecule has 0 saturated carbocycles. The van der Waals surface area contributed by atoms with Crippen molar-refractivity contribution in [3.63, 3.8) is 0 Å². The second-order valence-corrected chi connectivity index (χ2v) is 6.18. The minimum atomic E-state index is -2.98. The highest BCUT2D eigenvalue weighted by Crippen LogP contribution is 2.30. The average molecular weight is 432 g/mol. The lowest BCUT2D eigenvalue weighted by atomic mass is 10.1. The first-order valence-electron chi connectivity index (χ1n) is 8.98. The van der Waals surface area contributed by atoms with Crippen LogP contribution in [-0.2, 0) is 16.1 Å². The lowest BCUT2D eigenvalue weighted by molar-refractivity contribution is -0.138. The highest BCUT2D eigenvalue weighted by Gasteiger charge is 2.11. The monoisotopic (exact) mass is 432 g/mol. The summed E-state index contributed by atoms with van der Waals surface area (Å²) in [5.41, 5.74) is 0.714. The number of benzene rings is 2. The number of alkyl halides is 2. The van der Waals surface area contributed by atoms with Crippen molar-refractivity contribution in [1.82, 2.24) is 0 Å². The number of methoxy groups -OCH3 is 2. The number of carbonyl (C=O) groups excluding carboxylic acids is 1. The molecule has 0 amide bonds. The van der Waals surface area contributed by atoms with E-state index in [0.29, 0.717) is 27.8 Å². The Morgan fingerprint density at radius 3 is 2.58 bits per heavy atom. The largest absolute Gasteiger partial charge is 0.497 e. The number of rotatable bonds is 8. The molecule has 0 radical (unpaired) electrons. The standard InChI is InChI=1S/C22H18F2O7/c1-27-15-5-6-16-14(10-21(26)30-18(16)11-15)12-29-20(25)8-4-13-3-7-17(31-22(23)24)19(9-13)28-2/h3-11,22H,12H2,1-2H3/b8-4+. The van der Waals surface area contributed by atoms with Gasteiger partial charge < -0.3 is 23.4 Å². The molecule has 0 N–H and O–H groups in total. The van der Waals surface area contributed by atoms with Gasteiger partial charge in [0.05, 0.1) is 14.2 Å². The van der Waals surface area contributed by atoms with Gasteiger partial charge in [-0.05, 0) is 35.9 Å². The molecule has 31 heavy (non-hydrogen) atoms. The van der Waals surface area contributed by atoms with Crippen LogP contribution in [0, 0.1) is 0 Å². The Morgan fingerprint density at radius 2 is 1.87 bits per heavy atom. The fraction of sp³-hybridized carbons (Fsp3) is 0.182. The van der Waals surface area contributed by atoms with Crippen molar-refractivity contribution in [2.24, 2.45) is 0 Å². The minimum absolute atomic E-state index is 0.0914. The summed E-state index contributed by atoms with van der Waals surface area (Å²) in [4.78, 5) is 23.9. The van der Waals surface area contributed by atoms with Crippen LogP contribution in [0.5, 0.6) is 17.2 Å². The summed E-state index contributed by atoms with van der Waals surface area (Å²) in [6.45, 7) is -3.13. The third-order valence-electron chi connectivity index (χ3n) is 4.22. The third kappa shape index (κ3) is 5.59. The van der Waals surface area contributed by atoms with Crippen LogP contribution < -0.4 is 19.8 Å². The van der Waals surface area contributed by atoms with Gasteiger partial charge in [0.15, 0.2) is 11.5 Å². The zero-order valence-corrected chi connectivity index (χ0v) is 16.6. The number of hydrogen-bond acceptors (Lipinski definition) is 7. The first-order chi connectivity index (χ1) is 14.9. The predicted molar refractivity (Wildman–Crippen MR) is 107 cm³/mol. The van der Waals surface area contributed by atoms with Gasteiger partial charge in [-0.1, -0.05) is 6.07 Å². The van der Waals surface area contributed by atoms with Gasteiger partial charge in [0.25, 0.3) is 0 Å². The smallest absolute Gasteiger partial charge is 0.387 e. The molecule has 0 aliphatic heterocycles. The normalized spacial score (nSPS) is 11.1. The van der Waals surface area contributed by atoms with Crippen LogP contribution in [0.1, 0.15) is 11.1 Å². The summed E-state index contributed by atoms with van der Waals surface area (Å²) in [7, 11) is 2.80. The number of ether oxygens (including phenoxy) is 4. The van der Waals surface area contributed by atoms with Crippen LogP contribution in [0.3, 0.4) is 0 Å². The third-order valence-corrected chi connectivity index (χ3v) is 4.22. The van der Waals surface area contributed by atoms with Crippen LogP contribution in [0.2, 0.25) is 0 Å². The van der Waals surface area contributed by atoms with E-state index in [1.165, 1.54) is 50.6 Å². The first-order valence-corrected chi connectivity index (χ1v) is 8.98. The van der Waals surface area contributed by atoms with E-state index in [1.807, 2.05) is 0 Å². The van der Waals surface area contributed by atoms with Crippen LogP contribution in [0.4, 0.5) is 8.78 Å². The van der Waals surface area contributed by atoms with Gasteiger partial charge in [-0.3, -0.25) is 0 Å². The average Bonchev–Trinajstić information content (AvgIpc) is 2.75. The van der Waals surface area contributed by atoms with Crippen LogP contribution >= 0.6 is 0 Å². The van der Waals surface area contributed by atoms with E-state index in [1.54, 1.807) is 18.2 Å². The molecule has 9 heteroatoms. The Balaban J connectivity index is 1.70. The van der Waals surface area contributed by atoms with Crippen molar-refractivity contribution < 1.29 is 36.9 Å². The van der Waals surface area contributed by atoms with Gasteiger partial charge in [0.2, 0.25) is 0 Å². The van der Waals surface area contributed by atoms with Crippen LogP contribution in [0.25, 0.3) is 17.0 Å². The van der Waals surface area contributed by atoms with Gasteiger partial charge in [0, 0.05) is 29.2 Å². The number of carbonyl (C=O) groups is 1. The lowest BCUT2D eigenvalue weighted by Crippen LogP contribution is -2.05. The van der Waals surface area contributed by atoms with Crippen molar-refractivity contribution >= 4 is 23.0 Å². The molecule has 3 aromatic rings. The summed E-state index contributed by atoms with van der Waals surface area (Å²) in [6, 6.07) is 10.4. The molecule has 1 heterocycles. The molecule has 162 valence electrons. The van der Waals surface area contributed by atoms with Crippen LogP contribution in [-0.4, -0.2) is 26.8 Å². The molecule has 0 aliphatic carbocycles. The zero-order chi connectivity index (χ0) is 22.4. The second-order valence-electron chi connectivity index (χ2n) is 6.18. The number of halogens is 2. The second kappa shape index (κ2) is 9.75. The quantitative estimate of drug-likeness (QED) is 0.300. The number of hydrogen-bond donors (Lipinski definition) is 0. The van der Waals surface area contributed by atoms with Crippen molar-refractivity contribution in [3.8, 4) is 17.2 Å². The van der Waals surface area contributed by atoms with E-state index in [9.17, 15) is 18.4 Å². The van der Waals surface area contributed by atoms with Gasteiger partial charge in [-0.2, -0.15) is 8.78 Å². The zero-order valence-electron chi connectivity index (χ0n) is 16.6. The van der Waals surface area contributed by atoms with E-state index in [2.05, 4.69) is 4.74 Å². The highest BCUT2D eigenvalue weighted by molar-refractivity contribution is 5.87. The summed E-state index contributed by atoms with van der Waals surface area (Å²) in [5.74, 6) is -0.174. The molecular formula is C22H18F2O7. The van der Waals surface area contributed by atoms with Gasteiger partial charge in [-0.25, -0.2) is 9.59 Å². The maximum Gasteiger partial charge on any atom is 0.387 e. The highest BCUT2D eigenvalue weighted by atomic mass is 19.3.